The van der Waals surface area contributed by atoms with E-state index in [-0.39, 0.29) is 0 Å². The first kappa shape index (κ1) is 11.9. The number of piperidine rings is 1. The summed E-state index contributed by atoms with van der Waals surface area (Å²) in [6.45, 7) is 8.60. The molecule has 74 valence electrons. The summed E-state index contributed by atoms with van der Waals surface area (Å²) < 4.78 is 5.29. The zero-order valence-corrected chi connectivity index (χ0v) is 9.13. The summed E-state index contributed by atoms with van der Waals surface area (Å²) in [6, 6.07) is 0. The maximum Gasteiger partial charge on any atom is 0.0701 e. The molecule has 0 aromatic rings. The Morgan fingerprint density at radius 3 is 2.25 bits per heavy atom. The molecule has 1 heterocycles. The Hall–Kier alpha value is -0.0800. The van der Waals surface area contributed by atoms with E-state index in [1.54, 1.807) is 7.11 Å². The second-order valence-corrected chi connectivity index (χ2v) is 3.42. The fourth-order valence-electron chi connectivity index (χ4n) is 1.72. The van der Waals surface area contributed by atoms with Crippen LogP contribution in [0.1, 0.15) is 27.2 Å². The Balaban J connectivity index is 0.000000561. The molecule has 0 bridgehead atoms. The largest absolute Gasteiger partial charge is 0.380 e. The third-order valence-corrected chi connectivity index (χ3v) is 2.14. The van der Waals surface area contributed by atoms with E-state index in [1.165, 1.54) is 13.0 Å². The van der Waals surface area contributed by atoms with Crippen LogP contribution in [0.3, 0.4) is 0 Å². The van der Waals surface area contributed by atoms with E-state index in [4.69, 9.17) is 4.74 Å². The highest BCUT2D eigenvalue weighted by atomic mass is 16.5. The molecule has 2 heteroatoms. The molecule has 1 fully saturated rings. The first-order valence-electron chi connectivity index (χ1n) is 4.93. The maximum atomic E-state index is 5.29. The van der Waals surface area contributed by atoms with Crippen molar-refractivity contribution in [1.29, 1.82) is 0 Å². The zero-order chi connectivity index (χ0) is 9.56. The third kappa shape index (κ3) is 4.07. The standard InChI is InChI=1S/C8H17NO.C2H6/c1-7-4-8(10-3)6-9(2)5-7;1-2/h7-8H,4-6H2,1-3H3;1-2H3. The van der Waals surface area contributed by atoms with E-state index in [0.717, 1.165) is 12.5 Å². The molecule has 12 heavy (non-hydrogen) atoms. The number of methoxy groups -OCH3 is 1. The molecular formula is C10H23NO. The van der Waals surface area contributed by atoms with Crippen molar-refractivity contribution in [3.05, 3.63) is 0 Å². The maximum absolute atomic E-state index is 5.29. The van der Waals surface area contributed by atoms with Crippen LogP contribution in [0.5, 0.6) is 0 Å². The van der Waals surface area contributed by atoms with Crippen LogP contribution in [0.25, 0.3) is 0 Å². The molecule has 1 aliphatic heterocycles. The average Bonchev–Trinajstić information content (AvgIpc) is 2.06. The minimum Gasteiger partial charge on any atom is -0.380 e. The van der Waals surface area contributed by atoms with E-state index in [2.05, 4.69) is 18.9 Å². The SMILES string of the molecule is CC.COC1CC(C)CN(C)C1. The van der Waals surface area contributed by atoms with Gasteiger partial charge < -0.3 is 9.64 Å². The van der Waals surface area contributed by atoms with Crippen LogP contribution in [0, 0.1) is 5.92 Å². The van der Waals surface area contributed by atoms with Gasteiger partial charge in [-0.2, -0.15) is 0 Å². The summed E-state index contributed by atoms with van der Waals surface area (Å²) >= 11 is 0. The molecule has 2 unspecified atom stereocenters. The number of hydrogen-bond acceptors (Lipinski definition) is 2. The molecule has 0 aromatic carbocycles. The van der Waals surface area contributed by atoms with Gasteiger partial charge in [0.1, 0.15) is 0 Å². The van der Waals surface area contributed by atoms with Crippen molar-refractivity contribution in [3.63, 3.8) is 0 Å². The first-order chi connectivity index (χ1) is 5.72. The Morgan fingerprint density at radius 1 is 1.25 bits per heavy atom. The van der Waals surface area contributed by atoms with Gasteiger partial charge in [0, 0.05) is 20.2 Å². The highest BCUT2D eigenvalue weighted by Gasteiger charge is 2.21. The number of hydrogen-bond donors (Lipinski definition) is 0. The molecule has 0 aliphatic carbocycles. The van der Waals surface area contributed by atoms with Gasteiger partial charge in [-0.1, -0.05) is 20.8 Å². The Bertz CT molecular complexity index is 96.0. The summed E-state index contributed by atoms with van der Waals surface area (Å²) in [5.41, 5.74) is 0. The van der Waals surface area contributed by atoms with Crippen molar-refractivity contribution < 1.29 is 4.74 Å². The summed E-state index contributed by atoms with van der Waals surface area (Å²) in [4.78, 5) is 2.34. The quantitative estimate of drug-likeness (QED) is 0.601. The van der Waals surface area contributed by atoms with Gasteiger partial charge in [-0.15, -0.1) is 0 Å². The molecule has 0 amide bonds. The van der Waals surface area contributed by atoms with Gasteiger partial charge >= 0.3 is 0 Å². The van der Waals surface area contributed by atoms with Crippen LogP contribution in [0.2, 0.25) is 0 Å². The van der Waals surface area contributed by atoms with Crippen LogP contribution >= 0.6 is 0 Å². The molecule has 0 N–H and O–H groups in total. The monoisotopic (exact) mass is 173 g/mol. The predicted octanol–water partition coefficient (Wildman–Crippen LogP) is 2.00. The lowest BCUT2D eigenvalue weighted by molar-refractivity contribution is 0.0208. The topological polar surface area (TPSA) is 12.5 Å². The van der Waals surface area contributed by atoms with Crippen LogP contribution < -0.4 is 0 Å². The Kier molecular flexibility index (Phi) is 6.39. The Morgan fingerprint density at radius 2 is 1.83 bits per heavy atom. The van der Waals surface area contributed by atoms with Crippen molar-refractivity contribution in [3.8, 4) is 0 Å². The number of ether oxygens (including phenoxy) is 1. The summed E-state index contributed by atoms with van der Waals surface area (Å²) in [6.07, 6.45) is 1.69. The van der Waals surface area contributed by atoms with Gasteiger partial charge in [-0.25, -0.2) is 0 Å². The fourth-order valence-corrected chi connectivity index (χ4v) is 1.72. The van der Waals surface area contributed by atoms with Gasteiger partial charge in [-0.3, -0.25) is 0 Å². The van der Waals surface area contributed by atoms with Crippen LogP contribution in [-0.2, 0) is 4.74 Å². The lowest BCUT2D eigenvalue weighted by Crippen LogP contribution is -2.40. The molecule has 1 aliphatic rings. The normalized spacial score (nSPS) is 30.8. The molecule has 2 nitrogen and oxygen atoms in total. The lowest BCUT2D eigenvalue weighted by Gasteiger charge is -2.32. The number of likely N-dealkylation sites (tertiary alicyclic amines) is 1. The van der Waals surface area contributed by atoms with Gasteiger partial charge in [0.25, 0.3) is 0 Å². The highest BCUT2D eigenvalue weighted by Crippen LogP contribution is 2.16. The minimum absolute atomic E-state index is 0.466. The third-order valence-electron chi connectivity index (χ3n) is 2.14. The molecule has 0 spiro atoms. The Labute approximate surface area is 76.9 Å². The first-order valence-corrected chi connectivity index (χ1v) is 4.93. The minimum atomic E-state index is 0.466. The van der Waals surface area contributed by atoms with E-state index in [0.29, 0.717) is 6.10 Å². The van der Waals surface area contributed by atoms with Gasteiger partial charge in [0.05, 0.1) is 6.10 Å². The summed E-state index contributed by atoms with van der Waals surface area (Å²) in [7, 11) is 3.96. The molecule has 0 saturated carbocycles. The van der Waals surface area contributed by atoms with Crippen molar-refractivity contribution in [2.24, 2.45) is 5.92 Å². The molecular weight excluding hydrogens is 150 g/mol. The second-order valence-electron chi connectivity index (χ2n) is 3.42. The number of rotatable bonds is 1. The average molecular weight is 173 g/mol. The number of nitrogens with zero attached hydrogens (tertiary/aromatic N) is 1. The lowest BCUT2D eigenvalue weighted by atomic mass is 9.98. The van der Waals surface area contributed by atoms with Crippen molar-refractivity contribution in [2.45, 2.75) is 33.3 Å². The summed E-state index contributed by atoms with van der Waals surface area (Å²) in [5, 5.41) is 0. The van der Waals surface area contributed by atoms with E-state index in [1.807, 2.05) is 13.8 Å². The van der Waals surface area contributed by atoms with E-state index >= 15 is 0 Å². The van der Waals surface area contributed by atoms with Crippen LogP contribution in [-0.4, -0.2) is 38.3 Å². The fraction of sp³-hybridized carbons (Fsp3) is 1.00. The van der Waals surface area contributed by atoms with Gasteiger partial charge in [-0.05, 0) is 19.4 Å². The van der Waals surface area contributed by atoms with E-state index < -0.39 is 0 Å². The van der Waals surface area contributed by atoms with Crippen molar-refractivity contribution in [1.82, 2.24) is 4.90 Å². The predicted molar refractivity (Wildman–Crippen MR) is 53.4 cm³/mol. The smallest absolute Gasteiger partial charge is 0.0701 e. The molecule has 0 radical (unpaired) electrons. The van der Waals surface area contributed by atoms with Crippen LogP contribution in [0.4, 0.5) is 0 Å². The second kappa shape index (κ2) is 6.44. The van der Waals surface area contributed by atoms with Crippen LogP contribution in [0.15, 0.2) is 0 Å². The number of likely N-dealkylation sites (N-methyl/N-ethyl adjacent to an activating group) is 1. The van der Waals surface area contributed by atoms with Gasteiger partial charge in [0.15, 0.2) is 0 Å². The summed E-state index contributed by atoms with van der Waals surface area (Å²) in [5.74, 6) is 0.795. The van der Waals surface area contributed by atoms with Crippen molar-refractivity contribution in [2.75, 3.05) is 27.2 Å². The van der Waals surface area contributed by atoms with Crippen molar-refractivity contribution >= 4 is 0 Å². The highest BCUT2D eigenvalue weighted by molar-refractivity contribution is 4.74. The molecule has 1 saturated heterocycles. The van der Waals surface area contributed by atoms with E-state index in [9.17, 15) is 0 Å². The zero-order valence-electron chi connectivity index (χ0n) is 9.13. The molecule has 1 rings (SSSR count). The molecule has 2 atom stereocenters. The molecule has 0 aromatic heterocycles. The van der Waals surface area contributed by atoms with Gasteiger partial charge in [0.2, 0.25) is 0 Å².